The van der Waals surface area contributed by atoms with Crippen molar-refractivity contribution in [2.24, 2.45) is 0 Å². The molecule has 256 valence electrons. The summed E-state index contributed by atoms with van der Waals surface area (Å²) in [7, 11) is 0. The lowest BCUT2D eigenvalue weighted by Gasteiger charge is -2.27. The smallest absolute Gasteiger partial charge is 0.334 e. The third kappa shape index (κ3) is 8.69. The van der Waals surface area contributed by atoms with Crippen LogP contribution in [0, 0.1) is 0 Å². The molecule has 1 N–H and O–H groups in total. The fourth-order valence-corrected chi connectivity index (χ4v) is 5.49. The third-order valence-electron chi connectivity index (χ3n) is 7.56. The van der Waals surface area contributed by atoms with E-state index in [1.807, 2.05) is 29.7 Å². The summed E-state index contributed by atoms with van der Waals surface area (Å²) in [6, 6.07) is 3.49. The Morgan fingerprint density at radius 2 is 1.35 bits per heavy atom. The van der Waals surface area contributed by atoms with Gasteiger partial charge in [-0.1, -0.05) is 61.9 Å². The lowest BCUT2D eigenvalue weighted by atomic mass is 10.1. The second-order valence-electron chi connectivity index (χ2n) is 10.8. The lowest BCUT2D eigenvalue weighted by molar-refractivity contribution is -0.138. The van der Waals surface area contributed by atoms with Crippen LogP contribution in [0.5, 0.6) is 0 Å². The van der Waals surface area contributed by atoms with Crippen LogP contribution in [0.15, 0.2) is 69.3 Å². The van der Waals surface area contributed by atoms with E-state index in [0.29, 0.717) is 119 Å². The van der Waals surface area contributed by atoms with E-state index in [9.17, 15) is 9.59 Å². The number of anilines is 2. The molecule has 2 aliphatic heterocycles. The molecular weight excluding hydrogens is 675 g/mol. The number of ether oxygens (including phenoxy) is 1. The Labute approximate surface area is 292 Å². The van der Waals surface area contributed by atoms with E-state index in [2.05, 4.69) is 36.9 Å². The number of aryl methyl sites for hydroxylation is 2. The lowest BCUT2D eigenvalue weighted by Crippen LogP contribution is -2.31. The van der Waals surface area contributed by atoms with Crippen molar-refractivity contribution in [2.45, 2.75) is 39.5 Å². The van der Waals surface area contributed by atoms with Gasteiger partial charge in [-0.2, -0.15) is 0 Å². The highest BCUT2D eigenvalue weighted by molar-refractivity contribution is 6.33. The predicted octanol–water partition coefficient (Wildman–Crippen LogP) is 5.78. The maximum Gasteiger partial charge on any atom is 0.334 e. The summed E-state index contributed by atoms with van der Waals surface area (Å²) in [5.41, 5.74) is 2.41. The first-order valence-corrected chi connectivity index (χ1v) is 16.3. The molecule has 0 bridgehead atoms. The van der Waals surface area contributed by atoms with Crippen LogP contribution in [0.3, 0.4) is 0 Å². The van der Waals surface area contributed by atoms with Crippen molar-refractivity contribution in [1.82, 2.24) is 30.4 Å². The van der Waals surface area contributed by atoms with Gasteiger partial charge in [0.25, 0.3) is 0 Å². The van der Waals surface area contributed by atoms with Crippen molar-refractivity contribution >= 4 is 46.8 Å². The molecule has 16 heteroatoms. The van der Waals surface area contributed by atoms with Crippen molar-refractivity contribution in [2.75, 3.05) is 42.6 Å². The molecule has 0 amide bonds. The van der Waals surface area contributed by atoms with Crippen LogP contribution >= 0.6 is 23.2 Å². The number of rotatable bonds is 10. The van der Waals surface area contributed by atoms with Crippen LogP contribution in [0.2, 0.25) is 10.0 Å². The van der Waals surface area contributed by atoms with Gasteiger partial charge in [-0.05, 0) is 25.0 Å². The largest absolute Gasteiger partial charge is 0.478 e. The van der Waals surface area contributed by atoms with Crippen molar-refractivity contribution < 1.29 is 28.3 Å². The monoisotopic (exact) mass is 708 g/mol. The van der Waals surface area contributed by atoms with E-state index < -0.39 is 5.97 Å². The SMILES string of the molecule is C=CCOC(=O)C1=CCN(c2ncc(-c3nnc(CC)o3)cc2Cl)CC1.CCc1nnc(-c2cnc(N3CC=C(C(=O)O)CC3)c(Cl)c2)o1. The highest BCUT2D eigenvalue weighted by atomic mass is 35.5. The van der Waals surface area contributed by atoms with Crippen LogP contribution in [-0.4, -0.2) is 80.2 Å². The molecule has 4 aromatic rings. The Morgan fingerprint density at radius 3 is 1.71 bits per heavy atom. The van der Waals surface area contributed by atoms with Crippen LogP contribution in [0.25, 0.3) is 22.9 Å². The summed E-state index contributed by atoms with van der Waals surface area (Å²) < 4.78 is 16.1. The molecule has 49 heavy (non-hydrogen) atoms. The number of pyridine rings is 2. The molecule has 0 fully saturated rings. The molecule has 2 aliphatic rings. The quantitative estimate of drug-likeness (QED) is 0.155. The Morgan fingerprint density at radius 1 is 0.857 bits per heavy atom. The van der Waals surface area contributed by atoms with Crippen LogP contribution < -0.4 is 9.80 Å². The summed E-state index contributed by atoms with van der Waals surface area (Å²) >= 11 is 12.7. The Bertz CT molecular complexity index is 1890. The number of aliphatic carboxylic acids is 1. The maximum absolute atomic E-state index is 11.9. The fraction of sp³-hybridized carbons (Fsp3) is 0.333. The maximum atomic E-state index is 11.9. The molecule has 0 atom stereocenters. The van der Waals surface area contributed by atoms with Crippen molar-refractivity contribution in [3.05, 3.63) is 82.3 Å². The third-order valence-corrected chi connectivity index (χ3v) is 8.12. The van der Waals surface area contributed by atoms with Crippen molar-refractivity contribution in [1.29, 1.82) is 0 Å². The normalized spacial score (nSPS) is 14.4. The summed E-state index contributed by atoms with van der Waals surface area (Å²) in [6.07, 6.45) is 10.7. The number of hydrogen-bond acceptors (Lipinski definition) is 13. The number of carboxylic acids is 1. The highest BCUT2D eigenvalue weighted by Gasteiger charge is 2.22. The van der Waals surface area contributed by atoms with Crippen molar-refractivity contribution in [3.8, 4) is 22.9 Å². The van der Waals surface area contributed by atoms with Gasteiger partial charge in [0, 0.05) is 62.6 Å². The standard InChI is InChI=1S/C18H19ClN4O3.C15H15ClN4O3/c1-3-9-25-18(24)12-5-7-23(8-6-12)16-14(19)10-13(11-20-16)17-22-21-15(4-2)26-17;1-2-12-18-19-14(23-12)10-7-11(16)13(17-8-10)20-5-3-9(4-6-20)15(21)22/h3,5,10-11H,1,4,6-9H2,2H3;3,7-8H,2,4-6H2,1H3,(H,21,22). The Kier molecular flexibility index (Phi) is 11.8. The number of halogens is 2. The topological polar surface area (TPSA) is 174 Å². The van der Waals surface area contributed by atoms with Crippen molar-refractivity contribution in [3.63, 3.8) is 0 Å². The van der Waals surface area contributed by atoms with Gasteiger partial charge in [0.15, 0.2) is 0 Å². The van der Waals surface area contributed by atoms with E-state index >= 15 is 0 Å². The van der Waals surface area contributed by atoms with Gasteiger partial charge in [-0.25, -0.2) is 19.6 Å². The second kappa shape index (κ2) is 16.3. The van der Waals surface area contributed by atoms with E-state index in [-0.39, 0.29) is 12.6 Å². The first-order valence-electron chi connectivity index (χ1n) is 15.6. The van der Waals surface area contributed by atoms with Gasteiger partial charge in [0.1, 0.15) is 18.2 Å². The van der Waals surface area contributed by atoms with Gasteiger partial charge >= 0.3 is 11.9 Å². The van der Waals surface area contributed by atoms with E-state index in [4.69, 9.17) is 41.9 Å². The zero-order valence-electron chi connectivity index (χ0n) is 26.9. The van der Waals surface area contributed by atoms with Gasteiger partial charge in [-0.3, -0.25) is 0 Å². The summed E-state index contributed by atoms with van der Waals surface area (Å²) in [4.78, 5) is 35.6. The van der Waals surface area contributed by atoms with E-state index in [0.717, 1.165) is 0 Å². The van der Waals surface area contributed by atoms with Crippen LogP contribution in [-0.2, 0) is 27.2 Å². The van der Waals surface area contributed by atoms with Gasteiger partial charge in [-0.15, -0.1) is 20.4 Å². The fourth-order valence-electron chi connectivity index (χ4n) is 4.92. The number of carbonyl (C=O) groups is 2. The Hall–Kier alpha value is -5.08. The first-order chi connectivity index (χ1) is 23.7. The number of esters is 1. The molecule has 0 unspecified atom stereocenters. The molecule has 0 saturated heterocycles. The summed E-state index contributed by atoms with van der Waals surface area (Å²) in [6.45, 7) is 9.80. The van der Waals surface area contributed by atoms with Crippen LogP contribution in [0.4, 0.5) is 11.6 Å². The molecular formula is C33H34Cl2N8O6. The average molecular weight is 710 g/mol. The molecule has 0 aromatic carbocycles. The van der Waals surface area contributed by atoms with E-state index in [1.54, 1.807) is 36.7 Å². The second-order valence-corrected chi connectivity index (χ2v) is 11.6. The number of carbonyl (C=O) groups excluding carboxylic acids is 1. The first kappa shape index (κ1) is 35.2. The molecule has 0 aliphatic carbocycles. The van der Waals surface area contributed by atoms with Gasteiger partial charge < -0.3 is 28.5 Å². The predicted molar refractivity (Wildman–Crippen MR) is 182 cm³/mol. The minimum absolute atomic E-state index is 0.212. The minimum Gasteiger partial charge on any atom is -0.478 e. The number of carboxylic acid groups (broad SMARTS) is 1. The molecule has 14 nitrogen and oxygen atoms in total. The molecule has 4 aromatic heterocycles. The zero-order chi connectivity index (χ0) is 34.9. The van der Waals surface area contributed by atoms with Gasteiger partial charge in [0.2, 0.25) is 23.6 Å². The minimum atomic E-state index is -0.873. The summed E-state index contributed by atoms with van der Waals surface area (Å²) in [5.74, 6) is 2.00. The number of aromatic nitrogens is 6. The molecule has 0 radical (unpaired) electrons. The molecule has 6 rings (SSSR count). The summed E-state index contributed by atoms with van der Waals surface area (Å²) in [5, 5.41) is 25.8. The number of hydrogen-bond donors (Lipinski definition) is 1. The van der Waals surface area contributed by atoms with Crippen LogP contribution in [0.1, 0.15) is 38.5 Å². The average Bonchev–Trinajstić information content (AvgIpc) is 3.82. The molecule has 0 saturated carbocycles. The highest BCUT2D eigenvalue weighted by Crippen LogP contribution is 2.31. The number of nitrogens with zero attached hydrogens (tertiary/aromatic N) is 8. The van der Waals surface area contributed by atoms with Gasteiger partial charge in [0.05, 0.1) is 21.2 Å². The zero-order valence-corrected chi connectivity index (χ0v) is 28.4. The molecule has 6 heterocycles. The van der Waals surface area contributed by atoms with E-state index in [1.165, 1.54) is 0 Å². The molecule has 0 spiro atoms. The Balaban J connectivity index is 0.000000192.